The van der Waals surface area contributed by atoms with Crippen LogP contribution in [0.4, 0.5) is 17.3 Å². The maximum Gasteiger partial charge on any atom is 0.355 e. The molecule has 0 saturated carbocycles. The predicted molar refractivity (Wildman–Crippen MR) is 127 cm³/mol. The third-order valence-corrected chi connectivity index (χ3v) is 4.91. The molecule has 0 aliphatic heterocycles. The smallest absolute Gasteiger partial charge is 0.342 e. The fraction of sp³-hybridized carbons (Fsp3) is 0.0833. The number of nitrogens with one attached hydrogen (secondary N) is 2. The van der Waals surface area contributed by atoms with Crippen LogP contribution in [0.2, 0.25) is 0 Å². The van der Waals surface area contributed by atoms with Crippen molar-refractivity contribution in [2.75, 3.05) is 10.3 Å². The van der Waals surface area contributed by atoms with Gasteiger partial charge in [-0.2, -0.15) is 0 Å². The lowest BCUT2D eigenvalue weighted by Crippen LogP contribution is -2.31. The number of hydrazine groups is 1. The minimum absolute atomic E-state index is 0.127. The zero-order valence-corrected chi connectivity index (χ0v) is 18.0. The second-order valence-corrected chi connectivity index (χ2v) is 7.27. The van der Waals surface area contributed by atoms with Gasteiger partial charge in [-0.05, 0) is 23.3 Å². The topological polar surface area (TPSA) is 126 Å². The Labute approximate surface area is 195 Å². The zero-order chi connectivity index (χ0) is 23.8. The minimum Gasteiger partial charge on any atom is -0.342 e. The van der Waals surface area contributed by atoms with Gasteiger partial charge in [-0.1, -0.05) is 66.7 Å². The van der Waals surface area contributed by atoms with Crippen LogP contribution in [-0.4, -0.2) is 25.8 Å². The normalized spacial score (nSPS) is 10.4. The van der Waals surface area contributed by atoms with E-state index in [0.717, 1.165) is 11.1 Å². The SMILES string of the molecule is O=C(NNc1ncnc(N(Cc2ccccc2)Cc2ccccc2)c1[N+](=O)[O-])c1ccccn1. The summed E-state index contributed by atoms with van der Waals surface area (Å²) in [5.41, 5.74) is 6.70. The molecule has 34 heavy (non-hydrogen) atoms. The van der Waals surface area contributed by atoms with Gasteiger partial charge < -0.3 is 4.90 Å². The van der Waals surface area contributed by atoms with Crippen molar-refractivity contribution < 1.29 is 9.72 Å². The van der Waals surface area contributed by atoms with Crippen LogP contribution in [0.5, 0.6) is 0 Å². The lowest BCUT2D eigenvalue weighted by atomic mass is 10.1. The number of pyridine rings is 1. The first-order valence-corrected chi connectivity index (χ1v) is 10.4. The number of benzene rings is 2. The highest BCUT2D eigenvalue weighted by atomic mass is 16.6. The van der Waals surface area contributed by atoms with E-state index in [2.05, 4.69) is 25.8 Å². The summed E-state index contributed by atoms with van der Waals surface area (Å²) >= 11 is 0. The van der Waals surface area contributed by atoms with Gasteiger partial charge in [-0.25, -0.2) is 9.97 Å². The number of amides is 1. The average molecular weight is 455 g/mol. The fourth-order valence-electron chi connectivity index (χ4n) is 3.35. The summed E-state index contributed by atoms with van der Waals surface area (Å²) in [6.45, 7) is 0.765. The van der Waals surface area contributed by atoms with Crippen LogP contribution in [0, 0.1) is 10.1 Å². The van der Waals surface area contributed by atoms with Crippen molar-refractivity contribution in [3.05, 3.63) is 118 Å². The summed E-state index contributed by atoms with van der Waals surface area (Å²) in [5, 5.41) is 12.1. The van der Waals surface area contributed by atoms with E-state index in [1.807, 2.05) is 60.7 Å². The van der Waals surface area contributed by atoms with Crippen LogP contribution in [0.3, 0.4) is 0 Å². The number of carbonyl (C=O) groups excluding carboxylic acids is 1. The Morgan fingerprint density at radius 3 is 2.03 bits per heavy atom. The second-order valence-electron chi connectivity index (χ2n) is 7.27. The summed E-state index contributed by atoms with van der Waals surface area (Å²) in [6.07, 6.45) is 2.70. The molecule has 4 rings (SSSR count). The Bertz CT molecular complexity index is 1210. The molecule has 0 spiro atoms. The van der Waals surface area contributed by atoms with Gasteiger partial charge in [0.2, 0.25) is 11.6 Å². The van der Waals surface area contributed by atoms with E-state index in [-0.39, 0.29) is 23.0 Å². The molecule has 10 heteroatoms. The van der Waals surface area contributed by atoms with Gasteiger partial charge in [0.1, 0.15) is 12.0 Å². The Morgan fingerprint density at radius 2 is 1.47 bits per heavy atom. The molecule has 0 aliphatic rings. The van der Waals surface area contributed by atoms with Crippen molar-refractivity contribution in [2.24, 2.45) is 0 Å². The maximum atomic E-state index is 12.3. The van der Waals surface area contributed by atoms with Crippen LogP contribution in [-0.2, 0) is 13.1 Å². The molecule has 4 aromatic rings. The van der Waals surface area contributed by atoms with Crippen molar-refractivity contribution in [3.63, 3.8) is 0 Å². The van der Waals surface area contributed by atoms with E-state index >= 15 is 0 Å². The molecule has 0 unspecified atom stereocenters. The van der Waals surface area contributed by atoms with E-state index in [0.29, 0.717) is 13.1 Å². The van der Waals surface area contributed by atoms with E-state index in [1.54, 1.807) is 17.0 Å². The number of nitrogens with zero attached hydrogens (tertiary/aromatic N) is 5. The first-order valence-electron chi connectivity index (χ1n) is 10.4. The number of hydrogen-bond acceptors (Lipinski definition) is 8. The van der Waals surface area contributed by atoms with Crippen molar-refractivity contribution in [1.82, 2.24) is 20.4 Å². The zero-order valence-electron chi connectivity index (χ0n) is 18.0. The molecule has 0 saturated heterocycles. The average Bonchev–Trinajstić information content (AvgIpc) is 2.88. The van der Waals surface area contributed by atoms with Crippen LogP contribution < -0.4 is 15.8 Å². The molecule has 0 bridgehead atoms. The Hall–Kier alpha value is -4.86. The van der Waals surface area contributed by atoms with Crippen molar-refractivity contribution in [1.29, 1.82) is 0 Å². The summed E-state index contributed by atoms with van der Waals surface area (Å²) in [4.78, 5) is 37.9. The van der Waals surface area contributed by atoms with Gasteiger partial charge in [0, 0.05) is 19.3 Å². The molecule has 2 N–H and O–H groups in total. The molecule has 0 radical (unpaired) electrons. The minimum atomic E-state index is -0.562. The van der Waals surface area contributed by atoms with E-state index < -0.39 is 10.8 Å². The Balaban J connectivity index is 1.66. The molecule has 1 amide bonds. The van der Waals surface area contributed by atoms with Crippen LogP contribution in [0.1, 0.15) is 21.6 Å². The highest BCUT2D eigenvalue weighted by Crippen LogP contribution is 2.33. The number of hydrogen-bond donors (Lipinski definition) is 2. The number of carbonyl (C=O) groups is 1. The quantitative estimate of drug-likeness (QED) is 0.289. The molecule has 0 aliphatic carbocycles. The first kappa shape index (κ1) is 22.3. The molecule has 2 aromatic carbocycles. The predicted octanol–water partition coefficient (Wildman–Crippen LogP) is 3.74. The Morgan fingerprint density at radius 1 is 0.853 bits per heavy atom. The van der Waals surface area contributed by atoms with Gasteiger partial charge in [0.15, 0.2) is 0 Å². The molecule has 2 heterocycles. The monoisotopic (exact) mass is 455 g/mol. The third kappa shape index (κ3) is 5.49. The molecular weight excluding hydrogens is 434 g/mol. The third-order valence-electron chi connectivity index (χ3n) is 4.91. The number of rotatable bonds is 9. The number of anilines is 2. The summed E-state index contributed by atoms with van der Waals surface area (Å²) < 4.78 is 0. The molecule has 0 fully saturated rings. The highest BCUT2D eigenvalue weighted by molar-refractivity contribution is 5.93. The van der Waals surface area contributed by atoms with Gasteiger partial charge in [0.25, 0.3) is 5.91 Å². The number of aromatic nitrogens is 3. The molecule has 2 aromatic heterocycles. The van der Waals surface area contributed by atoms with Crippen LogP contribution in [0.15, 0.2) is 91.4 Å². The summed E-state index contributed by atoms with van der Waals surface area (Å²) in [7, 11) is 0. The largest absolute Gasteiger partial charge is 0.355 e. The van der Waals surface area contributed by atoms with Crippen LogP contribution >= 0.6 is 0 Å². The molecule has 10 nitrogen and oxygen atoms in total. The maximum absolute atomic E-state index is 12.3. The molecule has 170 valence electrons. The van der Waals surface area contributed by atoms with Crippen LogP contribution in [0.25, 0.3) is 0 Å². The van der Waals surface area contributed by atoms with Crippen molar-refractivity contribution in [2.45, 2.75) is 13.1 Å². The lowest BCUT2D eigenvalue weighted by molar-refractivity contribution is -0.383. The first-order chi connectivity index (χ1) is 16.6. The van der Waals surface area contributed by atoms with Gasteiger partial charge in [-0.3, -0.25) is 30.7 Å². The van der Waals surface area contributed by atoms with Gasteiger partial charge >= 0.3 is 5.69 Å². The second kappa shape index (κ2) is 10.6. The van der Waals surface area contributed by atoms with Gasteiger partial charge in [0.05, 0.1) is 4.92 Å². The van der Waals surface area contributed by atoms with Crippen molar-refractivity contribution >= 4 is 23.2 Å². The van der Waals surface area contributed by atoms with E-state index in [9.17, 15) is 14.9 Å². The number of nitro groups is 1. The fourth-order valence-corrected chi connectivity index (χ4v) is 3.35. The lowest BCUT2D eigenvalue weighted by Gasteiger charge is -2.24. The molecular formula is C24H21N7O3. The van der Waals surface area contributed by atoms with Crippen molar-refractivity contribution in [3.8, 4) is 0 Å². The van der Waals surface area contributed by atoms with Gasteiger partial charge in [-0.15, -0.1) is 0 Å². The Kier molecular flexibility index (Phi) is 6.99. The molecule has 0 atom stereocenters. The summed E-state index contributed by atoms with van der Waals surface area (Å²) in [6, 6.07) is 24.1. The summed E-state index contributed by atoms with van der Waals surface area (Å²) in [5.74, 6) is -0.562. The highest BCUT2D eigenvalue weighted by Gasteiger charge is 2.28. The van der Waals surface area contributed by atoms with E-state index in [1.165, 1.54) is 18.6 Å². The standard InChI is InChI=1S/C24H21N7O3/c32-24(20-13-7-8-14-25-20)29-28-22-21(31(33)34)23(27-17-26-22)30(15-18-9-3-1-4-10-18)16-19-11-5-2-6-12-19/h1-14,17H,15-16H2,(H,29,32)(H,26,27,28). The van der Waals surface area contributed by atoms with E-state index in [4.69, 9.17) is 0 Å².